The van der Waals surface area contributed by atoms with Crippen LogP contribution >= 0.6 is 15.9 Å². The molecule has 4 aromatic rings. The van der Waals surface area contributed by atoms with Gasteiger partial charge in [-0.25, -0.2) is 0 Å². The molecular formula is C28H24BrNO5. The summed E-state index contributed by atoms with van der Waals surface area (Å²) in [4.78, 5) is 29.2. The average Bonchev–Trinajstić information content (AvgIpc) is 2.86. The highest BCUT2D eigenvalue weighted by Crippen LogP contribution is 2.36. The van der Waals surface area contributed by atoms with Crippen LogP contribution < -0.4 is 14.2 Å². The molecule has 0 aliphatic heterocycles. The van der Waals surface area contributed by atoms with Crippen molar-refractivity contribution in [3.05, 3.63) is 88.5 Å². The van der Waals surface area contributed by atoms with E-state index >= 15 is 0 Å². The summed E-state index contributed by atoms with van der Waals surface area (Å²) in [5.41, 5.74) is 2.42. The zero-order chi connectivity index (χ0) is 24.8. The van der Waals surface area contributed by atoms with Gasteiger partial charge >= 0.3 is 0 Å². The van der Waals surface area contributed by atoms with Crippen molar-refractivity contribution in [2.45, 2.75) is 19.3 Å². The molecule has 0 aliphatic rings. The first kappa shape index (κ1) is 24.4. The predicted octanol–water partition coefficient (Wildman–Crippen LogP) is 6.12. The van der Waals surface area contributed by atoms with Crippen LogP contribution in [0.1, 0.15) is 17.5 Å². The fraction of sp³-hybridized carbons (Fsp3) is 0.179. The summed E-state index contributed by atoms with van der Waals surface area (Å²) in [6.07, 6.45) is 2.00. The number of hydrogen-bond donors (Lipinski definition) is 0. The molecule has 0 spiro atoms. The highest BCUT2D eigenvalue weighted by atomic mass is 79.9. The Balaban J connectivity index is 1.40. The molecule has 0 bridgehead atoms. The third kappa shape index (κ3) is 6.05. The van der Waals surface area contributed by atoms with Crippen LogP contribution in [0.3, 0.4) is 0 Å². The first-order valence-corrected chi connectivity index (χ1v) is 11.8. The Morgan fingerprint density at radius 1 is 0.829 bits per heavy atom. The molecule has 35 heavy (non-hydrogen) atoms. The van der Waals surface area contributed by atoms with Gasteiger partial charge in [-0.3, -0.25) is 14.6 Å². The number of halogens is 1. The standard InChI is InChI=1S/C28H24BrNO5/c1-33-27-16-23-25(17-28(27)34-2)30-12-11-26(23)35-22-9-7-18(8-10-22)13-20(31)15-21(32)14-19-5-3-4-6-24(19)29/h3-12,16-17H,13-15H2,1-2H3. The molecular weight excluding hydrogens is 510 g/mol. The third-order valence-electron chi connectivity index (χ3n) is 5.50. The molecule has 7 heteroatoms. The summed E-state index contributed by atoms with van der Waals surface area (Å²) in [6, 6.07) is 20.2. The van der Waals surface area contributed by atoms with Crippen LogP contribution in [0.25, 0.3) is 10.9 Å². The predicted molar refractivity (Wildman–Crippen MR) is 138 cm³/mol. The minimum atomic E-state index is -0.114. The van der Waals surface area contributed by atoms with E-state index in [4.69, 9.17) is 14.2 Å². The third-order valence-corrected chi connectivity index (χ3v) is 6.27. The number of ether oxygens (including phenoxy) is 3. The topological polar surface area (TPSA) is 74.7 Å². The molecule has 0 N–H and O–H groups in total. The van der Waals surface area contributed by atoms with Gasteiger partial charge in [0.05, 0.1) is 26.2 Å². The number of ketones is 2. The number of methoxy groups -OCH3 is 2. The van der Waals surface area contributed by atoms with Crippen LogP contribution in [0.2, 0.25) is 0 Å². The maximum atomic E-state index is 12.4. The van der Waals surface area contributed by atoms with Crippen molar-refractivity contribution in [1.82, 2.24) is 4.98 Å². The number of aromatic nitrogens is 1. The number of Topliss-reactive ketones (excluding diaryl/α,β-unsaturated/α-hetero) is 2. The van der Waals surface area contributed by atoms with E-state index in [0.717, 1.165) is 26.5 Å². The lowest BCUT2D eigenvalue weighted by molar-refractivity contribution is -0.126. The molecule has 0 saturated heterocycles. The Morgan fingerprint density at radius 3 is 2.23 bits per heavy atom. The van der Waals surface area contributed by atoms with E-state index in [1.165, 1.54) is 0 Å². The van der Waals surface area contributed by atoms with Gasteiger partial charge in [0.2, 0.25) is 0 Å². The van der Waals surface area contributed by atoms with E-state index < -0.39 is 0 Å². The van der Waals surface area contributed by atoms with Crippen molar-refractivity contribution in [2.75, 3.05) is 14.2 Å². The van der Waals surface area contributed by atoms with E-state index in [1.54, 1.807) is 44.7 Å². The van der Waals surface area contributed by atoms with Crippen LogP contribution in [-0.2, 0) is 22.4 Å². The lowest BCUT2D eigenvalue weighted by Gasteiger charge is -2.12. The second-order valence-electron chi connectivity index (χ2n) is 7.98. The molecule has 0 saturated carbocycles. The zero-order valence-electron chi connectivity index (χ0n) is 19.4. The maximum absolute atomic E-state index is 12.4. The number of fused-ring (bicyclic) bond motifs is 1. The summed E-state index contributed by atoms with van der Waals surface area (Å²) >= 11 is 3.44. The Bertz CT molecular complexity index is 1370. The van der Waals surface area contributed by atoms with Crippen molar-refractivity contribution < 1.29 is 23.8 Å². The Kier molecular flexibility index (Phi) is 7.77. The van der Waals surface area contributed by atoms with Crippen molar-refractivity contribution >= 4 is 38.4 Å². The van der Waals surface area contributed by atoms with E-state index in [2.05, 4.69) is 20.9 Å². The van der Waals surface area contributed by atoms with Crippen molar-refractivity contribution in [1.29, 1.82) is 0 Å². The average molecular weight is 534 g/mol. The van der Waals surface area contributed by atoms with Crippen LogP contribution in [-0.4, -0.2) is 30.8 Å². The molecule has 3 aromatic carbocycles. The Hall–Kier alpha value is -3.71. The quantitative estimate of drug-likeness (QED) is 0.228. The first-order valence-electron chi connectivity index (χ1n) is 11.0. The van der Waals surface area contributed by atoms with Crippen LogP contribution in [0.4, 0.5) is 0 Å². The van der Waals surface area contributed by atoms with Crippen LogP contribution in [0.15, 0.2) is 77.4 Å². The minimum Gasteiger partial charge on any atom is -0.493 e. The highest BCUT2D eigenvalue weighted by Gasteiger charge is 2.14. The minimum absolute atomic E-state index is 0.0894. The second kappa shape index (κ2) is 11.1. The number of carbonyl (C=O) groups excluding carboxylic acids is 2. The molecule has 0 aliphatic carbocycles. The molecule has 0 unspecified atom stereocenters. The zero-order valence-corrected chi connectivity index (χ0v) is 21.0. The van der Waals surface area contributed by atoms with Crippen LogP contribution in [0.5, 0.6) is 23.0 Å². The SMILES string of the molecule is COc1cc2nccc(Oc3ccc(CC(=O)CC(=O)Cc4ccccc4Br)cc3)c2cc1OC. The smallest absolute Gasteiger partial charge is 0.162 e. The number of nitrogens with zero attached hydrogens (tertiary/aromatic N) is 1. The van der Waals surface area contributed by atoms with Gasteiger partial charge in [-0.1, -0.05) is 46.3 Å². The summed E-state index contributed by atoms with van der Waals surface area (Å²) < 4.78 is 17.7. The van der Waals surface area contributed by atoms with Gasteiger partial charge in [-0.2, -0.15) is 0 Å². The van der Waals surface area contributed by atoms with Gasteiger partial charge in [0.25, 0.3) is 0 Å². The van der Waals surface area contributed by atoms with Gasteiger partial charge in [0.1, 0.15) is 23.1 Å². The number of hydrogen-bond acceptors (Lipinski definition) is 6. The molecule has 0 amide bonds. The molecule has 4 rings (SSSR count). The van der Waals surface area contributed by atoms with Crippen molar-refractivity contribution in [3.8, 4) is 23.0 Å². The Morgan fingerprint density at radius 2 is 1.51 bits per heavy atom. The van der Waals surface area contributed by atoms with Gasteiger partial charge in [-0.15, -0.1) is 0 Å². The molecule has 1 aromatic heterocycles. The highest BCUT2D eigenvalue weighted by molar-refractivity contribution is 9.10. The summed E-state index contributed by atoms with van der Waals surface area (Å²) in [7, 11) is 3.16. The molecule has 178 valence electrons. The number of benzene rings is 3. The first-order chi connectivity index (χ1) is 17.0. The van der Waals surface area contributed by atoms with Crippen molar-refractivity contribution in [2.24, 2.45) is 0 Å². The fourth-order valence-corrected chi connectivity index (χ4v) is 4.19. The molecule has 0 atom stereocenters. The molecule has 1 heterocycles. The van der Waals surface area contributed by atoms with Gasteiger partial charge < -0.3 is 14.2 Å². The van der Waals surface area contributed by atoms with E-state index in [-0.39, 0.29) is 30.8 Å². The summed E-state index contributed by atoms with van der Waals surface area (Å²) in [5.74, 6) is 2.20. The molecule has 0 fully saturated rings. The fourth-order valence-electron chi connectivity index (χ4n) is 3.77. The largest absolute Gasteiger partial charge is 0.493 e. The number of pyridine rings is 1. The number of rotatable bonds is 10. The summed E-state index contributed by atoms with van der Waals surface area (Å²) in [6.45, 7) is 0. The lowest BCUT2D eigenvalue weighted by atomic mass is 10.0. The van der Waals surface area contributed by atoms with E-state index in [0.29, 0.717) is 23.0 Å². The maximum Gasteiger partial charge on any atom is 0.162 e. The van der Waals surface area contributed by atoms with Gasteiger partial charge in [-0.05, 0) is 41.5 Å². The molecule has 6 nitrogen and oxygen atoms in total. The summed E-state index contributed by atoms with van der Waals surface area (Å²) in [5, 5.41) is 0.785. The number of carbonyl (C=O) groups is 2. The normalized spacial score (nSPS) is 10.7. The Labute approximate surface area is 212 Å². The van der Waals surface area contributed by atoms with Gasteiger partial charge in [0, 0.05) is 35.0 Å². The second-order valence-corrected chi connectivity index (χ2v) is 8.83. The van der Waals surface area contributed by atoms with Gasteiger partial charge in [0.15, 0.2) is 11.5 Å². The van der Waals surface area contributed by atoms with Crippen LogP contribution in [0, 0.1) is 0 Å². The monoisotopic (exact) mass is 533 g/mol. The van der Waals surface area contributed by atoms with E-state index in [1.807, 2.05) is 42.5 Å². The van der Waals surface area contributed by atoms with Crippen molar-refractivity contribution in [3.63, 3.8) is 0 Å². The van der Waals surface area contributed by atoms with E-state index in [9.17, 15) is 9.59 Å². The molecule has 0 radical (unpaired) electrons. The lowest BCUT2D eigenvalue weighted by Crippen LogP contribution is -2.12.